The van der Waals surface area contributed by atoms with Gasteiger partial charge in [0.05, 0.1) is 0 Å². The van der Waals surface area contributed by atoms with Gasteiger partial charge in [-0.3, -0.25) is 4.79 Å². The fraction of sp³-hybridized carbons (Fsp3) is 0.529. The molecule has 1 aromatic rings. The number of ketones is 1. The molecule has 116 valence electrons. The second kappa shape index (κ2) is 7.81. The summed E-state index contributed by atoms with van der Waals surface area (Å²) >= 11 is 0. The SMILES string of the molecule is CC(CCCNC(=O)OC(C)(C)C)C(=O)c1ccccc1. The molecule has 0 radical (unpaired) electrons. The Balaban J connectivity index is 2.27. The van der Waals surface area contributed by atoms with Gasteiger partial charge in [-0.25, -0.2) is 4.79 Å². The van der Waals surface area contributed by atoms with Crippen LogP contribution in [0.5, 0.6) is 0 Å². The highest BCUT2D eigenvalue weighted by atomic mass is 16.6. The number of alkyl carbamates (subject to hydrolysis) is 1. The summed E-state index contributed by atoms with van der Waals surface area (Å²) in [5.74, 6) is 0.0979. The second-order valence-corrected chi connectivity index (χ2v) is 6.20. The van der Waals surface area contributed by atoms with Crippen LogP contribution < -0.4 is 5.32 Å². The highest BCUT2D eigenvalue weighted by Gasteiger charge is 2.17. The molecule has 0 spiro atoms. The van der Waals surface area contributed by atoms with Crippen LogP contribution in [0.4, 0.5) is 4.79 Å². The zero-order valence-electron chi connectivity index (χ0n) is 13.3. The first-order valence-electron chi connectivity index (χ1n) is 7.36. The molecule has 4 heteroatoms. The third kappa shape index (κ3) is 6.93. The number of carbonyl (C=O) groups is 2. The first-order valence-corrected chi connectivity index (χ1v) is 7.36. The van der Waals surface area contributed by atoms with E-state index in [1.807, 2.05) is 58.0 Å². The van der Waals surface area contributed by atoms with Crippen LogP contribution in [0.25, 0.3) is 0 Å². The van der Waals surface area contributed by atoms with Gasteiger partial charge in [-0.1, -0.05) is 37.3 Å². The molecule has 0 heterocycles. The molecule has 1 rings (SSSR count). The molecule has 1 N–H and O–H groups in total. The number of amides is 1. The summed E-state index contributed by atoms with van der Waals surface area (Å²) in [7, 11) is 0. The minimum absolute atomic E-state index is 0.0483. The zero-order chi connectivity index (χ0) is 15.9. The lowest BCUT2D eigenvalue weighted by Crippen LogP contribution is -2.33. The molecule has 1 unspecified atom stereocenters. The van der Waals surface area contributed by atoms with E-state index in [-0.39, 0.29) is 11.7 Å². The predicted octanol–water partition coefficient (Wildman–Crippen LogP) is 3.81. The van der Waals surface area contributed by atoms with Crippen molar-refractivity contribution in [2.45, 2.75) is 46.1 Å². The van der Waals surface area contributed by atoms with Gasteiger partial charge in [0.15, 0.2) is 5.78 Å². The Bertz CT molecular complexity index is 463. The molecule has 1 amide bonds. The van der Waals surface area contributed by atoms with Crippen LogP contribution in [0.3, 0.4) is 0 Å². The van der Waals surface area contributed by atoms with Crippen molar-refractivity contribution in [1.82, 2.24) is 5.32 Å². The molecule has 0 bridgehead atoms. The molecule has 0 aliphatic carbocycles. The number of nitrogens with one attached hydrogen (secondary N) is 1. The van der Waals surface area contributed by atoms with Crippen LogP contribution in [0.2, 0.25) is 0 Å². The van der Waals surface area contributed by atoms with Gasteiger partial charge in [-0.05, 0) is 33.6 Å². The summed E-state index contributed by atoms with van der Waals surface area (Å²) in [4.78, 5) is 23.6. The second-order valence-electron chi connectivity index (χ2n) is 6.20. The van der Waals surface area contributed by atoms with Crippen LogP contribution in [0.15, 0.2) is 30.3 Å². The van der Waals surface area contributed by atoms with E-state index >= 15 is 0 Å². The Morgan fingerprint density at radius 1 is 1.19 bits per heavy atom. The number of Topliss-reactive ketones (excluding diaryl/α,β-unsaturated/α-hetero) is 1. The van der Waals surface area contributed by atoms with Gasteiger partial charge in [0, 0.05) is 18.0 Å². The summed E-state index contributed by atoms with van der Waals surface area (Å²) < 4.78 is 5.14. The molecule has 21 heavy (non-hydrogen) atoms. The van der Waals surface area contributed by atoms with Gasteiger partial charge in [-0.2, -0.15) is 0 Å². The van der Waals surface area contributed by atoms with Gasteiger partial charge in [0.1, 0.15) is 5.60 Å². The average Bonchev–Trinajstić information content (AvgIpc) is 2.41. The number of carbonyl (C=O) groups excluding carboxylic acids is 2. The van der Waals surface area contributed by atoms with E-state index in [9.17, 15) is 9.59 Å². The number of hydrogen-bond acceptors (Lipinski definition) is 3. The fourth-order valence-corrected chi connectivity index (χ4v) is 1.93. The van der Waals surface area contributed by atoms with Gasteiger partial charge < -0.3 is 10.1 Å². The molecule has 4 nitrogen and oxygen atoms in total. The zero-order valence-corrected chi connectivity index (χ0v) is 13.3. The van der Waals surface area contributed by atoms with Gasteiger partial charge in [0.2, 0.25) is 0 Å². The summed E-state index contributed by atoms with van der Waals surface area (Å²) in [6.07, 6.45) is 1.08. The van der Waals surface area contributed by atoms with Crippen molar-refractivity contribution in [3.05, 3.63) is 35.9 Å². The topological polar surface area (TPSA) is 55.4 Å². The molecular formula is C17H25NO3. The third-order valence-corrected chi connectivity index (χ3v) is 2.99. The van der Waals surface area contributed by atoms with Gasteiger partial charge >= 0.3 is 6.09 Å². The minimum Gasteiger partial charge on any atom is -0.444 e. The lowest BCUT2D eigenvalue weighted by atomic mass is 9.95. The van der Waals surface area contributed by atoms with E-state index in [1.54, 1.807) is 0 Å². The van der Waals surface area contributed by atoms with Crippen LogP contribution in [-0.2, 0) is 4.74 Å². The normalized spacial score (nSPS) is 12.6. The minimum atomic E-state index is -0.485. The van der Waals surface area contributed by atoms with E-state index in [0.717, 1.165) is 18.4 Å². The molecule has 1 aromatic carbocycles. The van der Waals surface area contributed by atoms with E-state index in [4.69, 9.17) is 4.74 Å². The van der Waals surface area contributed by atoms with Crippen LogP contribution in [0, 0.1) is 5.92 Å². The Hall–Kier alpha value is -1.84. The molecule has 0 aliphatic heterocycles. The largest absolute Gasteiger partial charge is 0.444 e. The summed E-state index contributed by atoms with van der Waals surface area (Å²) in [6, 6.07) is 9.29. The van der Waals surface area contributed by atoms with Crippen molar-refractivity contribution in [3.8, 4) is 0 Å². The number of hydrogen-bond donors (Lipinski definition) is 1. The third-order valence-electron chi connectivity index (χ3n) is 2.99. The standard InChI is InChI=1S/C17H25NO3/c1-13(15(19)14-10-6-5-7-11-14)9-8-12-18-16(20)21-17(2,3)4/h5-7,10-11,13H,8-9,12H2,1-4H3,(H,18,20). The maximum absolute atomic E-state index is 12.1. The van der Waals surface area contributed by atoms with Crippen LogP contribution in [0.1, 0.15) is 50.9 Å². The predicted molar refractivity (Wildman–Crippen MR) is 83.4 cm³/mol. The number of ether oxygens (including phenoxy) is 1. The Morgan fingerprint density at radius 3 is 2.38 bits per heavy atom. The Labute approximate surface area is 126 Å². The van der Waals surface area contributed by atoms with E-state index in [0.29, 0.717) is 6.54 Å². The van der Waals surface area contributed by atoms with E-state index < -0.39 is 11.7 Å². The van der Waals surface area contributed by atoms with Crippen LogP contribution in [-0.4, -0.2) is 24.0 Å². The molecule has 0 saturated heterocycles. The summed E-state index contributed by atoms with van der Waals surface area (Å²) in [6.45, 7) is 7.91. The molecule has 1 atom stereocenters. The van der Waals surface area contributed by atoms with Gasteiger partial charge in [-0.15, -0.1) is 0 Å². The molecule has 0 aromatic heterocycles. The smallest absolute Gasteiger partial charge is 0.407 e. The number of benzene rings is 1. The first-order chi connectivity index (χ1) is 9.79. The Kier molecular flexibility index (Phi) is 6.40. The van der Waals surface area contributed by atoms with Crippen molar-refractivity contribution in [2.75, 3.05) is 6.54 Å². The number of rotatable bonds is 6. The fourth-order valence-electron chi connectivity index (χ4n) is 1.93. The highest BCUT2D eigenvalue weighted by molar-refractivity contribution is 5.97. The van der Waals surface area contributed by atoms with E-state index in [2.05, 4.69) is 5.32 Å². The maximum Gasteiger partial charge on any atom is 0.407 e. The van der Waals surface area contributed by atoms with Crippen LogP contribution >= 0.6 is 0 Å². The maximum atomic E-state index is 12.1. The molecule has 0 saturated carbocycles. The van der Waals surface area contributed by atoms with E-state index in [1.165, 1.54) is 0 Å². The van der Waals surface area contributed by atoms with Gasteiger partial charge in [0.25, 0.3) is 0 Å². The van der Waals surface area contributed by atoms with Crippen molar-refractivity contribution in [1.29, 1.82) is 0 Å². The molecule has 0 aliphatic rings. The molecule has 0 fully saturated rings. The van der Waals surface area contributed by atoms with Crippen molar-refractivity contribution in [3.63, 3.8) is 0 Å². The average molecular weight is 291 g/mol. The first kappa shape index (κ1) is 17.2. The lowest BCUT2D eigenvalue weighted by molar-refractivity contribution is 0.0526. The lowest BCUT2D eigenvalue weighted by Gasteiger charge is -2.19. The Morgan fingerprint density at radius 2 is 1.81 bits per heavy atom. The van der Waals surface area contributed by atoms with Crippen molar-refractivity contribution < 1.29 is 14.3 Å². The quantitative estimate of drug-likeness (QED) is 0.640. The highest BCUT2D eigenvalue weighted by Crippen LogP contribution is 2.13. The van der Waals surface area contributed by atoms with Crippen molar-refractivity contribution >= 4 is 11.9 Å². The summed E-state index contributed by atoms with van der Waals surface area (Å²) in [5.41, 5.74) is 0.255. The monoisotopic (exact) mass is 291 g/mol. The summed E-state index contributed by atoms with van der Waals surface area (Å²) in [5, 5.41) is 2.70. The van der Waals surface area contributed by atoms with Crippen molar-refractivity contribution in [2.24, 2.45) is 5.92 Å². The molecular weight excluding hydrogens is 266 g/mol.